The Labute approximate surface area is 214 Å². The van der Waals surface area contributed by atoms with Crippen LogP contribution in [0.2, 0.25) is 0 Å². The van der Waals surface area contributed by atoms with Gasteiger partial charge in [0.05, 0.1) is 23.8 Å². The second-order valence-corrected chi connectivity index (χ2v) is 8.28. The van der Waals surface area contributed by atoms with E-state index in [0.717, 1.165) is 28.8 Å². The number of nitrogens with zero attached hydrogens (tertiary/aromatic N) is 3. The molecule has 184 valence electrons. The summed E-state index contributed by atoms with van der Waals surface area (Å²) in [5.41, 5.74) is 5.34. The van der Waals surface area contributed by atoms with Crippen LogP contribution in [-0.4, -0.2) is 27.4 Å². The highest BCUT2D eigenvalue weighted by atomic mass is 16.5. The number of rotatable bonds is 8. The number of anilines is 2. The fraction of sp³-hybridized carbons (Fsp3) is 0.103. The van der Waals surface area contributed by atoms with Crippen molar-refractivity contribution in [2.24, 2.45) is 0 Å². The largest absolute Gasteiger partial charge is 0.472 e. The van der Waals surface area contributed by atoms with Gasteiger partial charge in [-0.25, -0.2) is 15.0 Å². The maximum absolute atomic E-state index is 12.9. The van der Waals surface area contributed by atoms with Gasteiger partial charge < -0.3 is 19.8 Å². The van der Waals surface area contributed by atoms with Crippen molar-refractivity contribution in [3.05, 3.63) is 103 Å². The van der Waals surface area contributed by atoms with Crippen LogP contribution in [0.4, 0.5) is 11.6 Å². The Balaban J connectivity index is 1.33. The average molecular weight is 492 g/mol. The number of carbonyl (C=O) groups excluding carboxylic acids is 1. The molecule has 0 fully saturated rings. The smallest absolute Gasteiger partial charge is 0.255 e. The minimum Gasteiger partial charge on any atom is -0.472 e. The molecule has 5 aromatic rings. The molecule has 2 aromatic carbocycles. The van der Waals surface area contributed by atoms with Gasteiger partial charge >= 0.3 is 0 Å². The van der Waals surface area contributed by atoms with Gasteiger partial charge in [-0.15, -0.1) is 0 Å². The summed E-state index contributed by atoms with van der Waals surface area (Å²) in [7, 11) is 0. The van der Waals surface area contributed by atoms with E-state index < -0.39 is 0 Å². The minimum atomic E-state index is -0.203. The first-order valence-electron chi connectivity index (χ1n) is 11.9. The van der Waals surface area contributed by atoms with Gasteiger partial charge in [-0.05, 0) is 79.6 Å². The third kappa shape index (κ3) is 5.48. The Morgan fingerprint density at radius 1 is 0.973 bits per heavy atom. The Morgan fingerprint density at radius 3 is 2.70 bits per heavy atom. The van der Waals surface area contributed by atoms with Crippen LogP contribution in [0.5, 0.6) is 11.6 Å². The van der Waals surface area contributed by atoms with Crippen LogP contribution in [0.1, 0.15) is 22.8 Å². The molecule has 0 bridgehead atoms. The normalized spacial score (nSPS) is 10.6. The number of aromatic nitrogens is 3. The quantitative estimate of drug-likeness (QED) is 0.253. The summed E-state index contributed by atoms with van der Waals surface area (Å²) < 4.78 is 11.3. The summed E-state index contributed by atoms with van der Waals surface area (Å²) in [4.78, 5) is 26.1. The van der Waals surface area contributed by atoms with Crippen molar-refractivity contribution < 1.29 is 13.9 Å². The molecule has 3 heterocycles. The molecule has 0 saturated heterocycles. The van der Waals surface area contributed by atoms with Crippen LogP contribution < -0.4 is 15.4 Å². The molecule has 0 aliphatic heterocycles. The molecule has 0 unspecified atom stereocenters. The summed E-state index contributed by atoms with van der Waals surface area (Å²) >= 11 is 0. The number of benzene rings is 2. The van der Waals surface area contributed by atoms with E-state index in [1.807, 2.05) is 68.4 Å². The van der Waals surface area contributed by atoms with E-state index in [4.69, 9.17) is 9.15 Å². The van der Waals surface area contributed by atoms with Crippen molar-refractivity contribution >= 4 is 17.5 Å². The SMILES string of the molecule is CCNc1nccc(-c2cccnc2Oc2ccc(NC(=O)c3cccc(-c4ccoc4)c3)cc2C)n1. The number of carbonyl (C=O) groups is 1. The van der Waals surface area contributed by atoms with Gasteiger partial charge in [-0.3, -0.25) is 4.79 Å². The first-order chi connectivity index (χ1) is 18.1. The van der Waals surface area contributed by atoms with Gasteiger partial charge in [-0.2, -0.15) is 0 Å². The molecule has 0 spiro atoms. The Bertz CT molecular complexity index is 1530. The lowest BCUT2D eigenvalue weighted by Crippen LogP contribution is -2.12. The summed E-state index contributed by atoms with van der Waals surface area (Å²) in [6, 6.07) is 20.3. The molecule has 0 aliphatic rings. The molecule has 0 radical (unpaired) electrons. The van der Waals surface area contributed by atoms with Gasteiger partial charge in [0.25, 0.3) is 5.91 Å². The second kappa shape index (κ2) is 10.7. The van der Waals surface area contributed by atoms with Crippen LogP contribution in [-0.2, 0) is 0 Å². The topological polar surface area (TPSA) is 102 Å². The zero-order valence-electron chi connectivity index (χ0n) is 20.4. The number of hydrogen-bond donors (Lipinski definition) is 2. The van der Waals surface area contributed by atoms with Gasteiger partial charge in [0.2, 0.25) is 11.8 Å². The van der Waals surface area contributed by atoms with Crippen LogP contribution in [0.3, 0.4) is 0 Å². The number of nitrogens with one attached hydrogen (secondary N) is 2. The highest BCUT2D eigenvalue weighted by Crippen LogP contribution is 2.33. The summed E-state index contributed by atoms with van der Waals surface area (Å²) in [5.74, 6) is 1.40. The van der Waals surface area contributed by atoms with E-state index in [2.05, 4.69) is 25.6 Å². The molecule has 3 aromatic heterocycles. The second-order valence-electron chi connectivity index (χ2n) is 8.28. The van der Waals surface area contributed by atoms with E-state index in [-0.39, 0.29) is 5.91 Å². The van der Waals surface area contributed by atoms with Crippen LogP contribution in [0, 0.1) is 6.92 Å². The fourth-order valence-electron chi connectivity index (χ4n) is 3.84. The van der Waals surface area contributed by atoms with Crippen LogP contribution in [0.15, 0.2) is 96.1 Å². The minimum absolute atomic E-state index is 0.203. The third-order valence-electron chi connectivity index (χ3n) is 5.66. The Kier molecular flexibility index (Phi) is 6.89. The molecular weight excluding hydrogens is 466 g/mol. The predicted molar refractivity (Wildman–Crippen MR) is 143 cm³/mol. The van der Waals surface area contributed by atoms with Crippen molar-refractivity contribution in [3.8, 4) is 34.0 Å². The molecule has 0 saturated carbocycles. The first-order valence-corrected chi connectivity index (χ1v) is 11.9. The molecule has 5 rings (SSSR count). The fourth-order valence-corrected chi connectivity index (χ4v) is 3.84. The van der Waals surface area contributed by atoms with E-state index in [1.54, 1.807) is 37.1 Å². The van der Waals surface area contributed by atoms with Crippen LogP contribution >= 0.6 is 0 Å². The molecule has 8 nitrogen and oxygen atoms in total. The Hall–Kier alpha value is -4.98. The standard InChI is InChI=1S/C29H25N5O3/c1-3-30-29-32-14-11-25(34-29)24-8-5-13-31-28(24)37-26-10-9-23(16-19(26)2)33-27(35)21-7-4-6-20(17-21)22-12-15-36-18-22/h4-18H,3H2,1-2H3,(H,33,35)(H,30,32,34). The van der Waals surface area contributed by atoms with Gasteiger partial charge in [0.1, 0.15) is 5.75 Å². The number of furan rings is 1. The molecule has 1 amide bonds. The lowest BCUT2D eigenvalue weighted by atomic mass is 10.1. The first kappa shape index (κ1) is 23.7. The molecular formula is C29H25N5O3. The zero-order valence-corrected chi connectivity index (χ0v) is 20.4. The molecule has 0 aliphatic carbocycles. The number of ether oxygens (including phenoxy) is 1. The van der Waals surface area contributed by atoms with Crippen LogP contribution in [0.25, 0.3) is 22.4 Å². The maximum Gasteiger partial charge on any atom is 0.255 e. The highest BCUT2D eigenvalue weighted by Gasteiger charge is 2.14. The maximum atomic E-state index is 12.9. The molecule has 0 atom stereocenters. The van der Waals surface area contributed by atoms with Crippen molar-refractivity contribution in [2.75, 3.05) is 17.2 Å². The predicted octanol–water partition coefficient (Wildman–Crippen LogP) is 6.58. The third-order valence-corrected chi connectivity index (χ3v) is 5.66. The van der Waals surface area contributed by atoms with Gasteiger partial charge in [-0.1, -0.05) is 12.1 Å². The van der Waals surface area contributed by atoms with E-state index in [1.165, 1.54) is 0 Å². The van der Waals surface area contributed by atoms with E-state index in [9.17, 15) is 4.79 Å². The summed E-state index contributed by atoms with van der Waals surface area (Å²) in [6.07, 6.45) is 6.63. The monoisotopic (exact) mass is 491 g/mol. The van der Waals surface area contributed by atoms with Crippen molar-refractivity contribution in [3.63, 3.8) is 0 Å². The van der Waals surface area contributed by atoms with Gasteiger partial charge in [0.15, 0.2) is 0 Å². The summed E-state index contributed by atoms with van der Waals surface area (Å²) in [6.45, 7) is 4.63. The van der Waals surface area contributed by atoms with E-state index >= 15 is 0 Å². The van der Waals surface area contributed by atoms with Gasteiger partial charge in [0, 0.05) is 35.8 Å². The lowest BCUT2D eigenvalue weighted by Gasteiger charge is -2.13. The molecule has 2 N–H and O–H groups in total. The average Bonchev–Trinajstić information content (AvgIpc) is 3.46. The molecule has 8 heteroatoms. The van der Waals surface area contributed by atoms with Crippen molar-refractivity contribution in [1.29, 1.82) is 0 Å². The number of hydrogen-bond acceptors (Lipinski definition) is 7. The van der Waals surface area contributed by atoms with Crippen molar-refractivity contribution in [1.82, 2.24) is 15.0 Å². The number of amides is 1. The number of pyridine rings is 1. The van der Waals surface area contributed by atoms with Crippen molar-refractivity contribution in [2.45, 2.75) is 13.8 Å². The summed E-state index contributed by atoms with van der Waals surface area (Å²) in [5, 5.41) is 6.08. The highest BCUT2D eigenvalue weighted by molar-refractivity contribution is 6.05. The number of aryl methyl sites for hydroxylation is 1. The molecule has 37 heavy (non-hydrogen) atoms. The zero-order chi connectivity index (χ0) is 25.6. The Morgan fingerprint density at radius 2 is 1.89 bits per heavy atom. The van der Waals surface area contributed by atoms with E-state index in [0.29, 0.717) is 34.5 Å². The lowest BCUT2D eigenvalue weighted by molar-refractivity contribution is 0.102.